The number of esters is 1. The number of ether oxygens (including phenoxy) is 1. The highest BCUT2D eigenvalue weighted by Crippen LogP contribution is 2.20. The number of rotatable bonds is 3. The van der Waals surface area contributed by atoms with Crippen molar-refractivity contribution in [2.75, 3.05) is 36.4 Å². The molecule has 1 aliphatic rings. The molecule has 1 heterocycles. The molecule has 0 spiro atoms. The van der Waals surface area contributed by atoms with Crippen molar-refractivity contribution in [3.8, 4) is 5.75 Å². The number of urea groups is 1. The van der Waals surface area contributed by atoms with E-state index in [2.05, 4.69) is 10.2 Å². The van der Waals surface area contributed by atoms with Gasteiger partial charge in [0, 0.05) is 50.5 Å². The Labute approximate surface area is 151 Å². The SMILES string of the molecule is CC(=O)Oc1cccc(NC(=O)N2CCN(c3ccc(F)cc3)CC2)c1. The minimum atomic E-state index is -0.412. The Morgan fingerprint density at radius 2 is 1.73 bits per heavy atom. The molecule has 136 valence electrons. The molecule has 1 N–H and O–H groups in total. The number of carbonyl (C=O) groups is 2. The van der Waals surface area contributed by atoms with Crippen molar-refractivity contribution in [3.63, 3.8) is 0 Å². The maximum atomic E-state index is 13.0. The fourth-order valence-electron chi connectivity index (χ4n) is 2.83. The number of carbonyl (C=O) groups excluding carboxylic acids is 2. The van der Waals surface area contributed by atoms with Crippen molar-refractivity contribution in [1.29, 1.82) is 0 Å². The fourth-order valence-corrected chi connectivity index (χ4v) is 2.83. The van der Waals surface area contributed by atoms with Crippen LogP contribution in [0.5, 0.6) is 5.75 Å². The third-order valence-corrected chi connectivity index (χ3v) is 4.11. The van der Waals surface area contributed by atoms with Crippen molar-refractivity contribution >= 4 is 23.4 Å². The zero-order chi connectivity index (χ0) is 18.5. The number of amides is 2. The maximum Gasteiger partial charge on any atom is 0.321 e. The number of anilines is 2. The molecule has 0 bridgehead atoms. The lowest BCUT2D eigenvalue weighted by molar-refractivity contribution is -0.131. The summed E-state index contributed by atoms with van der Waals surface area (Å²) >= 11 is 0. The highest BCUT2D eigenvalue weighted by atomic mass is 19.1. The Hall–Kier alpha value is -3.09. The summed E-state index contributed by atoms with van der Waals surface area (Å²) in [4.78, 5) is 27.3. The third-order valence-electron chi connectivity index (χ3n) is 4.11. The van der Waals surface area contributed by atoms with Crippen LogP contribution in [-0.2, 0) is 4.79 Å². The van der Waals surface area contributed by atoms with E-state index in [0.717, 1.165) is 5.69 Å². The second-order valence-corrected chi connectivity index (χ2v) is 6.00. The van der Waals surface area contributed by atoms with Crippen molar-refractivity contribution in [1.82, 2.24) is 4.90 Å². The van der Waals surface area contributed by atoms with E-state index < -0.39 is 5.97 Å². The standard InChI is InChI=1S/C19H20FN3O3/c1-14(24)26-18-4-2-3-16(13-18)21-19(25)23-11-9-22(10-12-23)17-7-5-15(20)6-8-17/h2-8,13H,9-12H2,1H3,(H,21,25). The molecule has 1 fully saturated rings. The first-order valence-electron chi connectivity index (χ1n) is 8.36. The van der Waals surface area contributed by atoms with E-state index in [1.54, 1.807) is 41.3 Å². The van der Waals surface area contributed by atoms with E-state index in [9.17, 15) is 14.0 Å². The highest BCUT2D eigenvalue weighted by Gasteiger charge is 2.21. The molecule has 0 atom stereocenters. The van der Waals surface area contributed by atoms with Gasteiger partial charge >= 0.3 is 12.0 Å². The monoisotopic (exact) mass is 357 g/mol. The number of nitrogens with one attached hydrogen (secondary N) is 1. The van der Waals surface area contributed by atoms with E-state index in [4.69, 9.17) is 4.74 Å². The lowest BCUT2D eigenvalue weighted by Crippen LogP contribution is -2.50. The van der Waals surface area contributed by atoms with Gasteiger partial charge in [-0.05, 0) is 36.4 Å². The Bertz CT molecular complexity index is 787. The van der Waals surface area contributed by atoms with Crippen molar-refractivity contribution < 1.29 is 18.7 Å². The van der Waals surface area contributed by atoms with Crippen molar-refractivity contribution in [3.05, 3.63) is 54.3 Å². The van der Waals surface area contributed by atoms with Gasteiger partial charge in [0.05, 0.1) is 0 Å². The van der Waals surface area contributed by atoms with Gasteiger partial charge in [-0.1, -0.05) is 6.07 Å². The number of piperazine rings is 1. The second kappa shape index (κ2) is 7.86. The second-order valence-electron chi connectivity index (χ2n) is 6.00. The van der Waals surface area contributed by atoms with Crippen LogP contribution in [0.15, 0.2) is 48.5 Å². The molecule has 2 aromatic rings. The lowest BCUT2D eigenvalue weighted by atomic mass is 10.2. The summed E-state index contributed by atoms with van der Waals surface area (Å²) in [6.07, 6.45) is 0. The molecule has 1 saturated heterocycles. The average molecular weight is 357 g/mol. The fraction of sp³-hybridized carbons (Fsp3) is 0.263. The highest BCUT2D eigenvalue weighted by molar-refractivity contribution is 5.89. The zero-order valence-corrected chi connectivity index (χ0v) is 14.4. The molecule has 26 heavy (non-hydrogen) atoms. The third kappa shape index (κ3) is 4.50. The van der Waals surface area contributed by atoms with Crippen LogP contribution in [0.3, 0.4) is 0 Å². The molecule has 1 aliphatic heterocycles. The van der Waals surface area contributed by atoms with Gasteiger partial charge in [-0.2, -0.15) is 0 Å². The summed E-state index contributed by atoms with van der Waals surface area (Å²) in [5.41, 5.74) is 1.51. The largest absolute Gasteiger partial charge is 0.427 e. The van der Waals surface area contributed by atoms with Gasteiger partial charge in [-0.25, -0.2) is 9.18 Å². The molecule has 0 aliphatic carbocycles. The molecule has 0 radical (unpaired) electrons. The van der Waals surface area contributed by atoms with Gasteiger partial charge in [0.2, 0.25) is 0 Å². The summed E-state index contributed by atoms with van der Waals surface area (Å²) in [5.74, 6) is -0.287. The molecule has 3 rings (SSSR count). The Morgan fingerprint density at radius 3 is 2.38 bits per heavy atom. The van der Waals surface area contributed by atoms with Crippen LogP contribution in [0.25, 0.3) is 0 Å². The predicted octanol–water partition coefficient (Wildman–Crippen LogP) is 3.11. The Kier molecular flexibility index (Phi) is 5.36. The van der Waals surface area contributed by atoms with Crippen LogP contribution in [0.1, 0.15) is 6.92 Å². The number of hydrogen-bond donors (Lipinski definition) is 1. The summed E-state index contributed by atoms with van der Waals surface area (Å²) in [7, 11) is 0. The summed E-state index contributed by atoms with van der Waals surface area (Å²) in [5, 5.41) is 2.81. The van der Waals surface area contributed by atoms with E-state index in [1.165, 1.54) is 19.1 Å². The molecule has 0 aromatic heterocycles. The van der Waals surface area contributed by atoms with Gasteiger partial charge in [-0.3, -0.25) is 4.79 Å². The van der Waals surface area contributed by atoms with Gasteiger partial charge in [0.15, 0.2) is 0 Å². The van der Waals surface area contributed by atoms with Crippen molar-refractivity contribution in [2.24, 2.45) is 0 Å². The van der Waals surface area contributed by atoms with Crippen LogP contribution in [0, 0.1) is 5.82 Å². The zero-order valence-electron chi connectivity index (χ0n) is 14.4. The van der Waals surface area contributed by atoms with Crippen LogP contribution >= 0.6 is 0 Å². The number of hydrogen-bond acceptors (Lipinski definition) is 4. The summed E-state index contributed by atoms with van der Waals surface area (Å²) < 4.78 is 18.0. The van der Waals surface area contributed by atoms with E-state index in [1.807, 2.05) is 0 Å². The molecule has 0 saturated carbocycles. The average Bonchev–Trinajstić information content (AvgIpc) is 2.62. The molecule has 6 nitrogen and oxygen atoms in total. The molecule has 0 unspecified atom stereocenters. The number of nitrogens with zero attached hydrogens (tertiary/aromatic N) is 2. The van der Waals surface area contributed by atoms with E-state index in [-0.39, 0.29) is 11.8 Å². The summed E-state index contributed by atoms with van der Waals surface area (Å²) in [6, 6.07) is 12.8. The first-order chi connectivity index (χ1) is 12.5. The quantitative estimate of drug-likeness (QED) is 0.677. The molecule has 2 aromatic carbocycles. The van der Waals surface area contributed by atoms with E-state index in [0.29, 0.717) is 37.6 Å². The smallest absolute Gasteiger partial charge is 0.321 e. The van der Waals surface area contributed by atoms with Gasteiger partial charge in [0.1, 0.15) is 11.6 Å². The van der Waals surface area contributed by atoms with Gasteiger partial charge in [0.25, 0.3) is 0 Å². The van der Waals surface area contributed by atoms with E-state index >= 15 is 0 Å². The van der Waals surface area contributed by atoms with Crippen LogP contribution in [0.4, 0.5) is 20.6 Å². The predicted molar refractivity (Wildman–Crippen MR) is 97.0 cm³/mol. The number of halogens is 1. The summed E-state index contributed by atoms with van der Waals surface area (Å²) in [6.45, 7) is 3.80. The van der Waals surface area contributed by atoms with Gasteiger partial charge in [-0.15, -0.1) is 0 Å². The minimum Gasteiger partial charge on any atom is -0.427 e. The van der Waals surface area contributed by atoms with Gasteiger partial charge < -0.3 is 19.9 Å². The minimum absolute atomic E-state index is 0.205. The molecular formula is C19H20FN3O3. The van der Waals surface area contributed by atoms with Crippen molar-refractivity contribution in [2.45, 2.75) is 6.92 Å². The Morgan fingerprint density at radius 1 is 1.04 bits per heavy atom. The first-order valence-corrected chi connectivity index (χ1v) is 8.36. The number of benzene rings is 2. The molecule has 7 heteroatoms. The molecular weight excluding hydrogens is 337 g/mol. The first kappa shape index (κ1) is 17.7. The van der Waals surface area contributed by atoms with Crippen LogP contribution < -0.4 is 15.0 Å². The lowest BCUT2D eigenvalue weighted by Gasteiger charge is -2.36. The maximum absolute atomic E-state index is 13.0. The van der Waals surface area contributed by atoms with Crippen LogP contribution in [0.2, 0.25) is 0 Å². The molecule has 2 amide bonds. The van der Waals surface area contributed by atoms with Crippen LogP contribution in [-0.4, -0.2) is 43.1 Å². The Balaban J connectivity index is 1.55. The topological polar surface area (TPSA) is 61.9 Å². The normalized spacial score (nSPS) is 14.1.